The second-order valence-corrected chi connectivity index (χ2v) is 6.77. The van der Waals surface area contributed by atoms with Crippen molar-refractivity contribution in [2.75, 3.05) is 19.6 Å². The Labute approximate surface area is 128 Å². The van der Waals surface area contributed by atoms with Crippen molar-refractivity contribution in [3.8, 4) is 0 Å². The van der Waals surface area contributed by atoms with E-state index in [0.717, 1.165) is 26.1 Å². The number of hydrogen-bond donors (Lipinski definition) is 1. The second-order valence-electron chi connectivity index (χ2n) is 6.77. The molecule has 21 heavy (non-hydrogen) atoms. The first-order valence-electron chi connectivity index (χ1n) is 8.05. The first kappa shape index (κ1) is 16.0. The van der Waals surface area contributed by atoms with Gasteiger partial charge in [-0.2, -0.15) is 0 Å². The van der Waals surface area contributed by atoms with Gasteiger partial charge in [0.25, 0.3) is 0 Å². The molecule has 0 unspecified atom stereocenters. The number of nitrogens with one attached hydrogen (secondary N) is 1. The normalized spacial score (nSPS) is 16.1. The summed E-state index contributed by atoms with van der Waals surface area (Å²) < 4.78 is 0. The molecule has 0 aliphatic carbocycles. The fourth-order valence-electron chi connectivity index (χ4n) is 2.85. The summed E-state index contributed by atoms with van der Waals surface area (Å²) in [6.07, 6.45) is 3.95. The molecule has 0 atom stereocenters. The van der Waals surface area contributed by atoms with Crippen LogP contribution in [0.4, 0.5) is 0 Å². The molecule has 0 radical (unpaired) electrons. The van der Waals surface area contributed by atoms with E-state index in [1.165, 1.54) is 24.0 Å². The van der Waals surface area contributed by atoms with E-state index in [9.17, 15) is 4.79 Å². The maximum Gasteiger partial charge on any atom is 0.220 e. The van der Waals surface area contributed by atoms with Crippen molar-refractivity contribution >= 4 is 5.91 Å². The lowest BCUT2D eigenvalue weighted by atomic mass is 10.0. The zero-order chi connectivity index (χ0) is 15.3. The van der Waals surface area contributed by atoms with Crippen LogP contribution >= 0.6 is 0 Å². The maximum absolute atomic E-state index is 12.0. The Balaban J connectivity index is 1.73. The van der Waals surface area contributed by atoms with Crippen molar-refractivity contribution in [2.45, 2.75) is 52.0 Å². The molecule has 1 aromatic rings. The molecular weight excluding hydrogens is 260 g/mol. The van der Waals surface area contributed by atoms with Crippen LogP contribution in [0.2, 0.25) is 0 Å². The van der Waals surface area contributed by atoms with Crippen LogP contribution in [-0.4, -0.2) is 36.0 Å². The largest absolute Gasteiger partial charge is 0.354 e. The predicted molar refractivity (Wildman–Crippen MR) is 87.4 cm³/mol. The molecule has 1 aliphatic rings. The first-order chi connectivity index (χ1) is 9.97. The lowest BCUT2D eigenvalue weighted by Crippen LogP contribution is -2.50. The summed E-state index contributed by atoms with van der Waals surface area (Å²) in [6, 6.07) is 8.42. The molecule has 116 valence electrons. The highest BCUT2D eigenvalue weighted by molar-refractivity contribution is 5.76. The van der Waals surface area contributed by atoms with E-state index in [0.29, 0.717) is 6.42 Å². The number of amides is 1. The van der Waals surface area contributed by atoms with Crippen LogP contribution in [0, 0.1) is 6.92 Å². The summed E-state index contributed by atoms with van der Waals surface area (Å²) >= 11 is 0. The predicted octanol–water partition coefficient (Wildman–Crippen LogP) is 2.92. The summed E-state index contributed by atoms with van der Waals surface area (Å²) in [4.78, 5) is 14.5. The Hall–Kier alpha value is -1.35. The molecule has 0 spiro atoms. The second kappa shape index (κ2) is 7.08. The van der Waals surface area contributed by atoms with Gasteiger partial charge in [0.1, 0.15) is 0 Å². The summed E-state index contributed by atoms with van der Waals surface area (Å²) in [5, 5.41) is 3.10. The molecular formula is C18H28N2O. The number of carbonyl (C=O) groups is 1. The molecule has 1 heterocycles. The van der Waals surface area contributed by atoms with Crippen LogP contribution in [0.1, 0.15) is 44.2 Å². The van der Waals surface area contributed by atoms with Crippen molar-refractivity contribution < 1.29 is 4.79 Å². The van der Waals surface area contributed by atoms with E-state index >= 15 is 0 Å². The molecule has 3 nitrogen and oxygen atoms in total. The topological polar surface area (TPSA) is 32.3 Å². The van der Waals surface area contributed by atoms with Gasteiger partial charge in [-0.15, -0.1) is 0 Å². The van der Waals surface area contributed by atoms with Gasteiger partial charge in [-0.05, 0) is 58.7 Å². The lowest BCUT2D eigenvalue weighted by molar-refractivity contribution is -0.121. The van der Waals surface area contributed by atoms with Gasteiger partial charge in [0, 0.05) is 18.5 Å². The molecule has 0 aromatic heterocycles. The fraction of sp³-hybridized carbons (Fsp3) is 0.611. The van der Waals surface area contributed by atoms with Gasteiger partial charge in [-0.1, -0.05) is 29.8 Å². The SMILES string of the molecule is Cc1ccc(CCC(=O)NCC(C)(C)N2CCCC2)cc1. The third kappa shape index (κ3) is 4.85. The van der Waals surface area contributed by atoms with Gasteiger partial charge >= 0.3 is 0 Å². The van der Waals surface area contributed by atoms with Crippen molar-refractivity contribution in [2.24, 2.45) is 0 Å². The van der Waals surface area contributed by atoms with Gasteiger partial charge in [0.05, 0.1) is 0 Å². The van der Waals surface area contributed by atoms with Crippen LogP contribution in [0.3, 0.4) is 0 Å². The number of carbonyl (C=O) groups excluding carboxylic acids is 1. The molecule has 3 heteroatoms. The zero-order valence-corrected chi connectivity index (χ0v) is 13.6. The molecule has 2 rings (SSSR count). The summed E-state index contributed by atoms with van der Waals surface area (Å²) in [5.41, 5.74) is 2.56. The molecule has 0 bridgehead atoms. The summed E-state index contributed by atoms with van der Waals surface area (Å²) in [7, 11) is 0. The van der Waals surface area contributed by atoms with Gasteiger partial charge in [-0.25, -0.2) is 0 Å². The smallest absolute Gasteiger partial charge is 0.220 e. The average molecular weight is 288 g/mol. The van der Waals surface area contributed by atoms with Gasteiger partial charge in [0.15, 0.2) is 0 Å². The number of hydrogen-bond acceptors (Lipinski definition) is 2. The van der Waals surface area contributed by atoms with Crippen molar-refractivity contribution in [3.05, 3.63) is 35.4 Å². The molecule has 1 aromatic carbocycles. The minimum atomic E-state index is 0.0655. The number of likely N-dealkylation sites (tertiary alicyclic amines) is 1. The Morgan fingerprint density at radius 2 is 1.81 bits per heavy atom. The summed E-state index contributed by atoms with van der Waals surface area (Å²) in [6.45, 7) is 9.58. The number of benzene rings is 1. The van der Waals surface area contributed by atoms with E-state index in [4.69, 9.17) is 0 Å². The van der Waals surface area contributed by atoms with Crippen molar-refractivity contribution in [1.82, 2.24) is 10.2 Å². The Bertz CT molecular complexity index is 459. The van der Waals surface area contributed by atoms with E-state index in [2.05, 4.69) is 55.3 Å². The number of aryl methyl sites for hydroxylation is 2. The molecule has 1 amide bonds. The molecule has 1 aliphatic heterocycles. The van der Waals surface area contributed by atoms with E-state index in [1.807, 2.05) is 0 Å². The highest BCUT2D eigenvalue weighted by atomic mass is 16.1. The standard InChI is InChI=1S/C18H28N2O/c1-15-6-8-16(9-7-15)10-11-17(21)19-14-18(2,3)20-12-4-5-13-20/h6-9H,4-5,10-14H2,1-3H3,(H,19,21). The minimum absolute atomic E-state index is 0.0655. The van der Waals surface area contributed by atoms with Gasteiger partial charge in [0.2, 0.25) is 5.91 Å². The van der Waals surface area contributed by atoms with E-state index < -0.39 is 0 Å². The molecule has 0 saturated carbocycles. The monoisotopic (exact) mass is 288 g/mol. The van der Waals surface area contributed by atoms with Crippen LogP contribution in [0.5, 0.6) is 0 Å². The first-order valence-corrected chi connectivity index (χ1v) is 8.05. The lowest BCUT2D eigenvalue weighted by Gasteiger charge is -2.35. The van der Waals surface area contributed by atoms with Gasteiger partial charge in [-0.3, -0.25) is 9.69 Å². The average Bonchev–Trinajstić information content (AvgIpc) is 3.00. The molecule has 1 saturated heterocycles. The number of rotatable bonds is 6. The Morgan fingerprint density at radius 1 is 1.19 bits per heavy atom. The van der Waals surface area contributed by atoms with E-state index in [1.54, 1.807) is 0 Å². The molecule has 1 fully saturated rings. The quantitative estimate of drug-likeness (QED) is 0.873. The Kier molecular flexibility index (Phi) is 5.40. The molecule has 1 N–H and O–H groups in total. The van der Waals surface area contributed by atoms with Crippen LogP contribution in [0.25, 0.3) is 0 Å². The van der Waals surface area contributed by atoms with Gasteiger partial charge < -0.3 is 5.32 Å². The van der Waals surface area contributed by atoms with Crippen molar-refractivity contribution in [3.63, 3.8) is 0 Å². The zero-order valence-electron chi connectivity index (χ0n) is 13.6. The summed E-state index contributed by atoms with van der Waals surface area (Å²) in [5.74, 6) is 0.155. The van der Waals surface area contributed by atoms with E-state index in [-0.39, 0.29) is 11.4 Å². The maximum atomic E-state index is 12.0. The third-order valence-corrected chi connectivity index (χ3v) is 4.44. The minimum Gasteiger partial charge on any atom is -0.354 e. The Morgan fingerprint density at radius 3 is 2.43 bits per heavy atom. The van der Waals surface area contributed by atoms with Crippen LogP contribution < -0.4 is 5.32 Å². The number of nitrogens with zero attached hydrogens (tertiary/aromatic N) is 1. The third-order valence-electron chi connectivity index (χ3n) is 4.44. The highest BCUT2D eigenvalue weighted by Crippen LogP contribution is 2.20. The highest BCUT2D eigenvalue weighted by Gasteiger charge is 2.29. The van der Waals surface area contributed by atoms with Crippen LogP contribution in [-0.2, 0) is 11.2 Å². The van der Waals surface area contributed by atoms with Crippen LogP contribution in [0.15, 0.2) is 24.3 Å². The van der Waals surface area contributed by atoms with Crippen molar-refractivity contribution in [1.29, 1.82) is 0 Å². The fourth-order valence-corrected chi connectivity index (χ4v) is 2.85.